The van der Waals surface area contributed by atoms with Gasteiger partial charge in [-0.1, -0.05) is 6.92 Å². The van der Waals surface area contributed by atoms with Crippen LogP contribution < -0.4 is 5.32 Å². The van der Waals surface area contributed by atoms with Crippen molar-refractivity contribution in [3.8, 4) is 0 Å². The molecule has 3 atom stereocenters. The van der Waals surface area contributed by atoms with Crippen LogP contribution in [0.2, 0.25) is 0 Å². The molecule has 0 spiro atoms. The Bertz CT molecular complexity index is 349. The third-order valence-electron chi connectivity index (χ3n) is 4.50. The topological polar surface area (TPSA) is 86.6 Å². The van der Waals surface area contributed by atoms with Gasteiger partial charge in [-0.3, -0.25) is 9.59 Å². The van der Waals surface area contributed by atoms with Crippen LogP contribution in [0.25, 0.3) is 0 Å². The van der Waals surface area contributed by atoms with Crippen LogP contribution in [-0.4, -0.2) is 34.2 Å². The molecule has 3 N–H and O–H groups in total. The smallest absolute Gasteiger partial charge is 0.307 e. The maximum atomic E-state index is 12.2. The normalized spacial score (nSPS) is 38.9. The number of nitrogens with one attached hydrogen (secondary N) is 1. The lowest BCUT2D eigenvalue weighted by Crippen LogP contribution is -2.43. The molecule has 2 aliphatic carbocycles. The second-order valence-corrected chi connectivity index (χ2v) is 6.14. The molecule has 0 aromatic rings. The van der Waals surface area contributed by atoms with E-state index in [9.17, 15) is 19.8 Å². The first kappa shape index (κ1) is 14.3. The fourth-order valence-electron chi connectivity index (χ4n) is 3.38. The minimum atomic E-state index is -0.858. The summed E-state index contributed by atoms with van der Waals surface area (Å²) >= 11 is 0. The molecule has 19 heavy (non-hydrogen) atoms. The van der Waals surface area contributed by atoms with E-state index in [1.807, 2.05) is 6.92 Å². The summed E-state index contributed by atoms with van der Waals surface area (Å²) in [5.74, 6) is -1.60. The number of carbonyl (C=O) groups excluding carboxylic acids is 1. The summed E-state index contributed by atoms with van der Waals surface area (Å²) in [5.41, 5.74) is 0. The molecule has 5 heteroatoms. The molecule has 108 valence electrons. The highest BCUT2D eigenvalue weighted by molar-refractivity contribution is 5.85. The second kappa shape index (κ2) is 5.90. The third-order valence-corrected chi connectivity index (χ3v) is 4.50. The van der Waals surface area contributed by atoms with Gasteiger partial charge in [0.1, 0.15) is 0 Å². The van der Waals surface area contributed by atoms with Crippen LogP contribution >= 0.6 is 0 Å². The minimum Gasteiger partial charge on any atom is -0.481 e. The number of hydrogen-bond donors (Lipinski definition) is 3. The lowest BCUT2D eigenvalue weighted by molar-refractivity contribution is -0.146. The average Bonchev–Trinajstić information content (AvgIpc) is 2.74. The predicted octanol–water partition coefficient (Wildman–Crippen LogP) is 1.15. The Morgan fingerprint density at radius 1 is 1.05 bits per heavy atom. The van der Waals surface area contributed by atoms with Crippen LogP contribution in [0, 0.1) is 17.8 Å². The number of rotatable bonds is 3. The van der Waals surface area contributed by atoms with E-state index in [2.05, 4.69) is 5.32 Å². The number of aliphatic hydroxyl groups is 1. The maximum Gasteiger partial charge on any atom is 0.307 e. The Hall–Kier alpha value is -1.10. The summed E-state index contributed by atoms with van der Waals surface area (Å²) < 4.78 is 0. The molecular weight excluding hydrogens is 246 g/mol. The van der Waals surface area contributed by atoms with Crippen LogP contribution in [0.15, 0.2) is 0 Å². The number of carbonyl (C=O) groups is 2. The molecule has 2 fully saturated rings. The third kappa shape index (κ3) is 3.47. The van der Waals surface area contributed by atoms with Gasteiger partial charge in [-0.15, -0.1) is 0 Å². The Balaban J connectivity index is 1.90. The monoisotopic (exact) mass is 269 g/mol. The van der Waals surface area contributed by atoms with E-state index in [0.29, 0.717) is 31.6 Å². The SMILES string of the molecule is CC1C[C@H](C(=O)NC2CCC(O)CC2)[C@H](C(=O)O)C1. The molecule has 0 aliphatic heterocycles. The molecule has 2 saturated carbocycles. The van der Waals surface area contributed by atoms with Crippen molar-refractivity contribution in [1.82, 2.24) is 5.32 Å². The average molecular weight is 269 g/mol. The number of hydrogen-bond acceptors (Lipinski definition) is 3. The molecule has 1 unspecified atom stereocenters. The van der Waals surface area contributed by atoms with Crippen LogP contribution in [0.4, 0.5) is 0 Å². The summed E-state index contributed by atoms with van der Waals surface area (Å²) in [6.45, 7) is 2.00. The van der Waals surface area contributed by atoms with E-state index in [1.165, 1.54) is 0 Å². The van der Waals surface area contributed by atoms with Crippen molar-refractivity contribution in [1.29, 1.82) is 0 Å². The molecule has 0 aromatic carbocycles. The Kier molecular flexibility index (Phi) is 4.45. The summed E-state index contributed by atoms with van der Waals surface area (Å²) in [6, 6.07) is 0.0984. The number of carboxylic acids is 1. The molecule has 0 radical (unpaired) electrons. The molecule has 0 bridgehead atoms. The molecule has 0 saturated heterocycles. The zero-order chi connectivity index (χ0) is 14.0. The summed E-state index contributed by atoms with van der Waals surface area (Å²) in [5, 5.41) is 21.6. The van der Waals surface area contributed by atoms with E-state index >= 15 is 0 Å². The Labute approximate surface area is 113 Å². The number of aliphatic carboxylic acids is 1. The second-order valence-electron chi connectivity index (χ2n) is 6.14. The van der Waals surface area contributed by atoms with Crippen molar-refractivity contribution >= 4 is 11.9 Å². The van der Waals surface area contributed by atoms with E-state index in [4.69, 9.17) is 0 Å². The van der Waals surface area contributed by atoms with Crippen molar-refractivity contribution in [2.75, 3.05) is 0 Å². The predicted molar refractivity (Wildman–Crippen MR) is 69.4 cm³/mol. The van der Waals surface area contributed by atoms with Crippen LogP contribution in [0.1, 0.15) is 45.4 Å². The van der Waals surface area contributed by atoms with E-state index in [-0.39, 0.29) is 24.0 Å². The van der Waals surface area contributed by atoms with Crippen molar-refractivity contribution < 1.29 is 19.8 Å². The number of aliphatic hydroxyl groups excluding tert-OH is 1. The quantitative estimate of drug-likeness (QED) is 0.717. The lowest BCUT2D eigenvalue weighted by atomic mass is 9.91. The number of amides is 1. The Morgan fingerprint density at radius 3 is 2.21 bits per heavy atom. The van der Waals surface area contributed by atoms with Crippen LogP contribution in [0.3, 0.4) is 0 Å². The molecule has 1 amide bonds. The molecule has 0 aromatic heterocycles. The molecular formula is C14H23NO4. The van der Waals surface area contributed by atoms with Crippen molar-refractivity contribution in [3.05, 3.63) is 0 Å². The fourth-order valence-corrected chi connectivity index (χ4v) is 3.38. The van der Waals surface area contributed by atoms with Gasteiger partial charge >= 0.3 is 5.97 Å². The van der Waals surface area contributed by atoms with Gasteiger partial charge in [0.25, 0.3) is 0 Å². The summed E-state index contributed by atoms with van der Waals surface area (Å²) in [4.78, 5) is 23.4. The standard InChI is InChI=1S/C14H23NO4/c1-8-6-11(12(7-8)14(18)19)13(17)15-9-2-4-10(16)5-3-9/h8-12,16H,2-7H2,1H3,(H,15,17)(H,18,19)/t8?,9?,10?,11-,12+/m0/s1. The van der Waals surface area contributed by atoms with Gasteiger partial charge in [0, 0.05) is 6.04 Å². The van der Waals surface area contributed by atoms with Gasteiger partial charge in [0.2, 0.25) is 5.91 Å². The molecule has 2 rings (SSSR count). The van der Waals surface area contributed by atoms with Crippen molar-refractivity contribution in [2.24, 2.45) is 17.8 Å². The van der Waals surface area contributed by atoms with Gasteiger partial charge in [-0.05, 0) is 44.4 Å². The highest BCUT2D eigenvalue weighted by atomic mass is 16.4. The van der Waals surface area contributed by atoms with E-state index in [0.717, 1.165) is 12.8 Å². The fraction of sp³-hybridized carbons (Fsp3) is 0.857. The summed E-state index contributed by atoms with van der Waals surface area (Å²) in [6.07, 6.45) is 4.02. The van der Waals surface area contributed by atoms with Crippen molar-refractivity contribution in [3.63, 3.8) is 0 Å². The van der Waals surface area contributed by atoms with Crippen molar-refractivity contribution in [2.45, 2.75) is 57.6 Å². The van der Waals surface area contributed by atoms with Gasteiger partial charge in [-0.25, -0.2) is 0 Å². The van der Waals surface area contributed by atoms with Gasteiger partial charge in [0.05, 0.1) is 17.9 Å². The molecule has 5 nitrogen and oxygen atoms in total. The first-order valence-electron chi connectivity index (χ1n) is 7.18. The van der Waals surface area contributed by atoms with Gasteiger partial charge in [-0.2, -0.15) is 0 Å². The van der Waals surface area contributed by atoms with Crippen LogP contribution in [0.5, 0.6) is 0 Å². The molecule has 2 aliphatic rings. The Morgan fingerprint density at radius 2 is 1.63 bits per heavy atom. The van der Waals surface area contributed by atoms with Crippen LogP contribution in [-0.2, 0) is 9.59 Å². The highest BCUT2D eigenvalue weighted by Crippen LogP contribution is 2.36. The first-order chi connectivity index (χ1) is 8.97. The zero-order valence-corrected chi connectivity index (χ0v) is 11.3. The maximum absolute atomic E-state index is 12.2. The minimum absolute atomic E-state index is 0.0984. The van der Waals surface area contributed by atoms with E-state index in [1.54, 1.807) is 0 Å². The van der Waals surface area contributed by atoms with E-state index < -0.39 is 11.9 Å². The van der Waals surface area contributed by atoms with Gasteiger partial charge in [0.15, 0.2) is 0 Å². The highest BCUT2D eigenvalue weighted by Gasteiger charge is 2.41. The number of carboxylic acid groups (broad SMARTS) is 1. The summed E-state index contributed by atoms with van der Waals surface area (Å²) in [7, 11) is 0. The zero-order valence-electron chi connectivity index (χ0n) is 11.3. The largest absolute Gasteiger partial charge is 0.481 e. The van der Waals surface area contributed by atoms with Gasteiger partial charge < -0.3 is 15.5 Å². The lowest BCUT2D eigenvalue weighted by Gasteiger charge is -2.28. The molecule has 0 heterocycles. The first-order valence-corrected chi connectivity index (χ1v) is 7.18.